The van der Waals surface area contributed by atoms with E-state index < -0.39 is 5.60 Å². The second-order valence-electron chi connectivity index (χ2n) is 6.51. The van der Waals surface area contributed by atoms with E-state index in [1.54, 1.807) is 4.68 Å². The Morgan fingerprint density at radius 2 is 2.05 bits per heavy atom. The Bertz CT molecular complexity index is 461. The summed E-state index contributed by atoms with van der Waals surface area (Å²) in [4.78, 5) is 0. The summed E-state index contributed by atoms with van der Waals surface area (Å²) < 4.78 is 1.79. The van der Waals surface area contributed by atoms with Crippen LogP contribution < -0.4 is 11.1 Å². The molecule has 0 aromatic carbocycles. The van der Waals surface area contributed by atoms with Gasteiger partial charge in [0.25, 0.3) is 0 Å². The molecule has 0 bridgehead atoms. The molecule has 1 aliphatic rings. The zero-order valence-corrected chi connectivity index (χ0v) is 13.7. The predicted molar refractivity (Wildman–Crippen MR) is 87.3 cm³/mol. The van der Waals surface area contributed by atoms with Crippen LogP contribution in [0.15, 0.2) is 0 Å². The van der Waals surface area contributed by atoms with Crippen molar-refractivity contribution in [1.82, 2.24) is 9.78 Å². The van der Waals surface area contributed by atoms with Crippen LogP contribution in [-0.4, -0.2) is 27.0 Å². The van der Waals surface area contributed by atoms with Crippen molar-refractivity contribution >= 4 is 11.5 Å². The van der Waals surface area contributed by atoms with Crippen LogP contribution in [0.2, 0.25) is 0 Å². The molecule has 0 saturated heterocycles. The van der Waals surface area contributed by atoms with Gasteiger partial charge in [-0.15, -0.1) is 0 Å². The first-order chi connectivity index (χ1) is 9.99. The summed E-state index contributed by atoms with van der Waals surface area (Å²) in [7, 11) is 1.90. The first-order valence-electron chi connectivity index (χ1n) is 8.26. The summed E-state index contributed by atoms with van der Waals surface area (Å²) in [6, 6.07) is 0. The van der Waals surface area contributed by atoms with Gasteiger partial charge in [0.15, 0.2) is 0 Å². The van der Waals surface area contributed by atoms with Gasteiger partial charge in [-0.25, -0.2) is 0 Å². The van der Waals surface area contributed by atoms with E-state index in [1.807, 2.05) is 7.05 Å². The lowest BCUT2D eigenvalue weighted by Crippen LogP contribution is -2.40. The lowest BCUT2D eigenvalue weighted by atomic mass is 9.78. The Morgan fingerprint density at radius 1 is 1.38 bits per heavy atom. The number of aryl methyl sites for hydroxylation is 2. The molecule has 0 atom stereocenters. The lowest BCUT2D eigenvalue weighted by Gasteiger charge is -2.36. The van der Waals surface area contributed by atoms with E-state index in [0.717, 1.165) is 61.6 Å². The molecule has 2 rings (SSSR count). The van der Waals surface area contributed by atoms with Gasteiger partial charge in [-0.3, -0.25) is 4.68 Å². The SMILES string of the molecule is CCCc1nn(C)c(NCC2(O)CCC(CC)CC2)c1N. The van der Waals surface area contributed by atoms with Crippen LogP contribution in [-0.2, 0) is 13.5 Å². The highest BCUT2D eigenvalue weighted by molar-refractivity contribution is 5.65. The van der Waals surface area contributed by atoms with Gasteiger partial charge in [-0.1, -0.05) is 26.7 Å². The Hall–Kier alpha value is -1.23. The Kier molecular flexibility index (Phi) is 5.14. The van der Waals surface area contributed by atoms with Crippen molar-refractivity contribution in [2.24, 2.45) is 13.0 Å². The number of hydrogen-bond donors (Lipinski definition) is 3. The van der Waals surface area contributed by atoms with E-state index in [4.69, 9.17) is 5.73 Å². The third kappa shape index (κ3) is 3.70. The third-order valence-electron chi connectivity index (χ3n) is 4.85. The molecule has 21 heavy (non-hydrogen) atoms. The molecule has 5 heteroatoms. The second-order valence-corrected chi connectivity index (χ2v) is 6.51. The summed E-state index contributed by atoms with van der Waals surface area (Å²) in [5, 5.41) is 18.5. The first-order valence-corrected chi connectivity index (χ1v) is 8.26. The molecule has 1 fully saturated rings. The quantitative estimate of drug-likeness (QED) is 0.754. The van der Waals surface area contributed by atoms with E-state index >= 15 is 0 Å². The Balaban J connectivity index is 1.97. The number of nitrogen functional groups attached to an aromatic ring is 1. The number of nitrogens with one attached hydrogen (secondary N) is 1. The van der Waals surface area contributed by atoms with E-state index in [-0.39, 0.29) is 0 Å². The maximum Gasteiger partial charge on any atom is 0.147 e. The topological polar surface area (TPSA) is 76.1 Å². The van der Waals surface area contributed by atoms with Gasteiger partial charge in [-0.2, -0.15) is 5.10 Å². The van der Waals surface area contributed by atoms with E-state index in [0.29, 0.717) is 6.54 Å². The van der Waals surface area contributed by atoms with Crippen LogP contribution in [0, 0.1) is 5.92 Å². The molecule has 0 unspecified atom stereocenters. The van der Waals surface area contributed by atoms with Gasteiger partial charge in [0.05, 0.1) is 17.0 Å². The smallest absolute Gasteiger partial charge is 0.147 e. The number of nitrogens with two attached hydrogens (primary N) is 1. The average molecular weight is 294 g/mol. The standard InChI is InChI=1S/C16H30N4O/c1-4-6-13-14(17)15(20(3)19-13)18-11-16(21)9-7-12(5-2)8-10-16/h12,18,21H,4-11,17H2,1-3H3. The summed E-state index contributed by atoms with van der Waals surface area (Å²) in [6.07, 6.45) is 7.13. The summed E-state index contributed by atoms with van der Waals surface area (Å²) in [5.74, 6) is 1.62. The van der Waals surface area contributed by atoms with Crippen LogP contribution in [0.25, 0.3) is 0 Å². The predicted octanol–water partition coefficient (Wildman–Crippen LogP) is 2.70. The summed E-state index contributed by atoms with van der Waals surface area (Å²) >= 11 is 0. The molecule has 1 aromatic heterocycles. The highest BCUT2D eigenvalue weighted by Crippen LogP contribution is 2.34. The molecule has 1 heterocycles. The maximum absolute atomic E-state index is 10.7. The molecule has 4 N–H and O–H groups in total. The van der Waals surface area contributed by atoms with Crippen LogP contribution in [0.4, 0.5) is 11.5 Å². The van der Waals surface area contributed by atoms with Gasteiger partial charge < -0.3 is 16.2 Å². The molecule has 5 nitrogen and oxygen atoms in total. The third-order valence-corrected chi connectivity index (χ3v) is 4.85. The van der Waals surface area contributed by atoms with Crippen molar-refractivity contribution in [3.63, 3.8) is 0 Å². The van der Waals surface area contributed by atoms with Crippen LogP contribution in [0.1, 0.15) is 58.1 Å². The average Bonchev–Trinajstić information content (AvgIpc) is 2.73. The van der Waals surface area contributed by atoms with Crippen LogP contribution in [0.3, 0.4) is 0 Å². The van der Waals surface area contributed by atoms with Crippen LogP contribution in [0.5, 0.6) is 0 Å². The fourth-order valence-corrected chi connectivity index (χ4v) is 3.28. The summed E-state index contributed by atoms with van der Waals surface area (Å²) in [6.45, 7) is 4.91. The molecule has 120 valence electrons. The van der Waals surface area contributed by atoms with E-state index in [2.05, 4.69) is 24.3 Å². The zero-order valence-electron chi connectivity index (χ0n) is 13.7. The molecule has 0 amide bonds. The fraction of sp³-hybridized carbons (Fsp3) is 0.812. The number of hydrogen-bond acceptors (Lipinski definition) is 4. The molecule has 1 aliphatic carbocycles. The molecule has 1 saturated carbocycles. The normalized spacial score (nSPS) is 26.0. The lowest BCUT2D eigenvalue weighted by molar-refractivity contribution is 0.00220. The van der Waals surface area contributed by atoms with Crippen molar-refractivity contribution in [3.8, 4) is 0 Å². The first kappa shape index (κ1) is 16.1. The van der Waals surface area contributed by atoms with Gasteiger partial charge in [0.2, 0.25) is 0 Å². The van der Waals surface area contributed by atoms with E-state index in [1.165, 1.54) is 6.42 Å². The monoisotopic (exact) mass is 294 g/mol. The van der Waals surface area contributed by atoms with Gasteiger partial charge in [0.1, 0.15) is 5.82 Å². The van der Waals surface area contributed by atoms with Crippen molar-refractivity contribution in [2.75, 3.05) is 17.6 Å². The Labute approximate surface area is 127 Å². The van der Waals surface area contributed by atoms with Gasteiger partial charge in [-0.05, 0) is 38.0 Å². The largest absolute Gasteiger partial charge is 0.394 e. The second kappa shape index (κ2) is 6.69. The molecule has 0 radical (unpaired) electrons. The highest BCUT2D eigenvalue weighted by atomic mass is 16.3. The van der Waals surface area contributed by atoms with Crippen molar-refractivity contribution < 1.29 is 5.11 Å². The fourth-order valence-electron chi connectivity index (χ4n) is 3.28. The van der Waals surface area contributed by atoms with Gasteiger partial charge >= 0.3 is 0 Å². The molecule has 0 aliphatic heterocycles. The molecule has 1 aromatic rings. The highest BCUT2D eigenvalue weighted by Gasteiger charge is 2.32. The molecular weight excluding hydrogens is 264 g/mol. The molecular formula is C16H30N4O. The number of nitrogens with zero attached hydrogens (tertiary/aromatic N) is 2. The minimum absolute atomic E-state index is 0.554. The van der Waals surface area contributed by atoms with Gasteiger partial charge in [0, 0.05) is 13.6 Å². The number of anilines is 2. The zero-order chi connectivity index (χ0) is 15.5. The molecule has 0 spiro atoms. The minimum atomic E-state index is -0.604. The number of aromatic nitrogens is 2. The minimum Gasteiger partial charge on any atom is -0.394 e. The van der Waals surface area contributed by atoms with Crippen LogP contribution >= 0.6 is 0 Å². The van der Waals surface area contributed by atoms with Crippen molar-refractivity contribution in [3.05, 3.63) is 5.69 Å². The van der Waals surface area contributed by atoms with E-state index in [9.17, 15) is 5.11 Å². The maximum atomic E-state index is 10.7. The van der Waals surface area contributed by atoms with Crippen molar-refractivity contribution in [1.29, 1.82) is 0 Å². The number of aliphatic hydroxyl groups is 1. The summed E-state index contributed by atoms with van der Waals surface area (Å²) in [5.41, 5.74) is 7.24. The van der Waals surface area contributed by atoms with Crippen molar-refractivity contribution in [2.45, 2.75) is 64.4 Å². The number of rotatable bonds is 6. The Morgan fingerprint density at radius 3 is 2.62 bits per heavy atom.